The minimum atomic E-state index is -0.161. The van der Waals surface area contributed by atoms with Gasteiger partial charge in [-0.2, -0.15) is 0 Å². The van der Waals surface area contributed by atoms with Crippen molar-refractivity contribution in [3.8, 4) is 0 Å². The van der Waals surface area contributed by atoms with Gasteiger partial charge in [0.2, 0.25) is 0 Å². The molecule has 1 aromatic heterocycles. The maximum atomic E-state index is 12.2. The summed E-state index contributed by atoms with van der Waals surface area (Å²) in [6.07, 6.45) is 2.83. The Balaban J connectivity index is 1.57. The molecule has 3 N–H and O–H groups in total. The Morgan fingerprint density at radius 3 is 2.75 bits per heavy atom. The second-order valence-corrected chi connectivity index (χ2v) is 13.2. The summed E-state index contributed by atoms with van der Waals surface area (Å²) in [5.41, 5.74) is 5.04. The van der Waals surface area contributed by atoms with Crippen molar-refractivity contribution in [1.82, 2.24) is 15.3 Å². The zero-order valence-electron chi connectivity index (χ0n) is 18.2. The number of quaternary nitrogens is 1. The van der Waals surface area contributed by atoms with Gasteiger partial charge in [0.15, 0.2) is 0 Å². The number of alkyl halides is 1. The molecule has 0 saturated heterocycles. The first-order valence-electron chi connectivity index (χ1n) is 10.3. The van der Waals surface area contributed by atoms with Crippen molar-refractivity contribution in [2.24, 2.45) is 0 Å². The number of carbonyl (C=O) groups excluding carboxylic acids is 1. The zero-order chi connectivity index (χ0) is 22.7. The van der Waals surface area contributed by atoms with E-state index in [2.05, 4.69) is 74.1 Å². The van der Waals surface area contributed by atoms with E-state index in [1.807, 2.05) is 18.2 Å². The Labute approximate surface area is 207 Å². The minimum absolute atomic E-state index is 0.142. The van der Waals surface area contributed by atoms with Crippen molar-refractivity contribution in [3.63, 3.8) is 0 Å². The van der Waals surface area contributed by atoms with Gasteiger partial charge in [0.1, 0.15) is 0 Å². The predicted molar refractivity (Wildman–Crippen MR) is 127 cm³/mol. The molecule has 9 heteroatoms. The monoisotopic (exact) mass is 608 g/mol. The number of aromatic nitrogens is 2. The number of amides is 1. The van der Waals surface area contributed by atoms with Gasteiger partial charge in [0.05, 0.1) is 0 Å². The van der Waals surface area contributed by atoms with Crippen molar-refractivity contribution in [2.45, 2.75) is 13.0 Å². The van der Waals surface area contributed by atoms with Crippen molar-refractivity contribution >= 4 is 45.0 Å². The first-order valence-corrected chi connectivity index (χ1v) is 13.6. The summed E-state index contributed by atoms with van der Waals surface area (Å²) in [7, 11) is 6.28. The molecule has 2 heterocycles. The van der Waals surface area contributed by atoms with Crippen molar-refractivity contribution in [1.29, 1.82) is 0 Å². The van der Waals surface area contributed by atoms with Gasteiger partial charge in [-0.3, -0.25) is 4.79 Å². The molecule has 2 aromatic carbocycles. The van der Waals surface area contributed by atoms with Gasteiger partial charge in [0, 0.05) is 7.05 Å². The quantitative estimate of drug-likeness (QED) is 0.231. The molecule has 3 aromatic rings. The van der Waals surface area contributed by atoms with E-state index in [9.17, 15) is 4.79 Å². The van der Waals surface area contributed by atoms with Gasteiger partial charge in [-0.15, -0.1) is 0 Å². The van der Waals surface area contributed by atoms with Crippen LogP contribution in [0.15, 0.2) is 53.1 Å². The third kappa shape index (κ3) is 5.38. The van der Waals surface area contributed by atoms with Crippen LogP contribution in [-0.4, -0.2) is 44.1 Å². The number of hydrogen-bond donors (Lipinski definition) is 3. The number of nitrogens with one attached hydrogen (secondary N) is 3. The van der Waals surface area contributed by atoms with Crippen molar-refractivity contribution in [3.05, 3.63) is 69.8 Å². The van der Waals surface area contributed by atoms with E-state index in [1.165, 1.54) is 15.6 Å². The number of halogens is 2. The fourth-order valence-corrected chi connectivity index (χ4v) is 6.63. The van der Waals surface area contributed by atoms with Crippen LogP contribution in [0.1, 0.15) is 21.5 Å². The number of anilines is 4. The molecule has 0 radical (unpaired) electrons. The molecule has 1 amide bonds. The van der Waals surface area contributed by atoms with Crippen LogP contribution in [0.3, 0.4) is 0 Å². The Hall–Kier alpha value is -2.24. The first kappa shape index (κ1) is 22.9. The molecule has 0 saturated carbocycles. The average Bonchev–Trinajstić information content (AvgIpc) is 2.92. The second kappa shape index (κ2) is 9.72. The van der Waals surface area contributed by atoms with Crippen LogP contribution in [0.25, 0.3) is 0 Å². The van der Waals surface area contributed by atoms with E-state index >= 15 is 0 Å². The van der Waals surface area contributed by atoms with Crippen LogP contribution in [0, 0.1) is 0 Å². The number of aryl methyl sites for hydroxylation is 1. The second-order valence-electron chi connectivity index (χ2n) is 8.00. The fraction of sp³-hybridized carbons (Fsp3) is 0.261. The summed E-state index contributed by atoms with van der Waals surface area (Å²) >= 11 is 3.65. The normalized spacial score (nSPS) is 15.0. The van der Waals surface area contributed by atoms with Crippen LogP contribution in [0.4, 0.5) is 23.1 Å². The van der Waals surface area contributed by atoms with Crippen LogP contribution in [0.5, 0.6) is 0 Å². The Bertz CT molecular complexity index is 1150. The zero-order valence-corrected chi connectivity index (χ0v) is 22.0. The summed E-state index contributed by atoms with van der Waals surface area (Å²) in [5, 5.41) is 9.26. The third-order valence-corrected chi connectivity index (χ3v) is 8.97. The Morgan fingerprint density at radius 2 is 1.94 bits per heavy atom. The molecule has 1 aliphatic rings. The Morgan fingerprint density at radius 1 is 1.12 bits per heavy atom. The average molecular weight is 609 g/mol. The Kier molecular flexibility index (Phi) is 6.96. The van der Waals surface area contributed by atoms with Crippen LogP contribution >= 0.6 is 15.9 Å². The molecular weight excluding hydrogens is 583 g/mol. The van der Waals surface area contributed by atoms with Gasteiger partial charge >= 0.3 is 167 Å². The molecular formula is C23H26BrIN6O. The van der Waals surface area contributed by atoms with Crippen molar-refractivity contribution in [2.75, 3.05) is 36.2 Å². The summed E-state index contributed by atoms with van der Waals surface area (Å²) in [6, 6.07) is 13.9. The summed E-state index contributed by atoms with van der Waals surface area (Å²) < 4.78 is 3.12. The van der Waals surface area contributed by atoms with Crippen LogP contribution < -0.4 is 37.4 Å². The van der Waals surface area contributed by atoms with Gasteiger partial charge in [-0.25, -0.2) is 0 Å². The molecule has 0 bridgehead atoms. The number of carbonyl (C=O) groups is 1. The maximum absolute atomic E-state index is 12.2. The molecule has 0 fully saturated rings. The van der Waals surface area contributed by atoms with Gasteiger partial charge in [-0.1, -0.05) is 12.1 Å². The van der Waals surface area contributed by atoms with E-state index in [0.29, 0.717) is 27.5 Å². The first-order chi connectivity index (χ1) is 15.3. The SMILES string of the molecule is CNC(=O)c1ccccc1Nc1nc(Nc2ccc3c(c2)CC[I-][N+](C)(C)C3)ncc1Br. The van der Waals surface area contributed by atoms with Gasteiger partial charge < -0.3 is 5.32 Å². The summed E-state index contributed by atoms with van der Waals surface area (Å²) in [6.45, 7) is 1.09. The molecule has 0 atom stereocenters. The number of benzene rings is 2. The number of hydrogen-bond acceptors (Lipinski definition) is 5. The topological polar surface area (TPSA) is 78.9 Å². The number of rotatable bonds is 5. The molecule has 168 valence electrons. The van der Waals surface area contributed by atoms with E-state index in [1.54, 1.807) is 19.3 Å². The number of nitrogens with zero attached hydrogens (tertiary/aromatic N) is 3. The van der Waals surface area contributed by atoms with E-state index in [4.69, 9.17) is 0 Å². The molecule has 1 aliphatic heterocycles. The standard InChI is InChI=1S/C23H26BrIN6O/c1-26-22(32)18-6-4-5-7-20(18)29-21-19(24)13-27-23(30-21)28-17-9-8-16-14-31(2,3)25-11-10-15(16)12-17/h4-9,12-13H,10-11,14H2,1-3H3,(H,26,32)(H2,27,28,29,30). The van der Waals surface area contributed by atoms with Crippen molar-refractivity contribution < 1.29 is 29.0 Å². The fourth-order valence-electron chi connectivity index (χ4n) is 3.61. The molecule has 32 heavy (non-hydrogen) atoms. The van der Waals surface area contributed by atoms with E-state index in [-0.39, 0.29) is 27.4 Å². The van der Waals surface area contributed by atoms with Crippen LogP contribution in [-0.2, 0) is 13.0 Å². The van der Waals surface area contributed by atoms with Gasteiger partial charge in [0.25, 0.3) is 5.91 Å². The number of fused-ring (bicyclic) bond motifs is 1. The molecule has 0 aliphatic carbocycles. The molecule has 0 unspecified atom stereocenters. The molecule has 4 rings (SSSR count). The van der Waals surface area contributed by atoms with E-state index in [0.717, 1.165) is 21.3 Å². The third-order valence-electron chi connectivity index (χ3n) is 5.18. The molecule has 7 nitrogen and oxygen atoms in total. The predicted octanol–water partition coefficient (Wildman–Crippen LogP) is 1.22. The number of para-hydroxylation sites is 1. The summed E-state index contributed by atoms with van der Waals surface area (Å²) in [5.74, 6) is 0.911. The van der Waals surface area contributed by atoms with Gasteiger partial charge in [-0.05, 0) is 6.07 Å². The summed E-state index contributed by atoms with van der Waals surface area (Å²) in [4.78, 5) is 21.2. The van der Waals surface area contributed by atoms with E-state index < -0.39 is 0 Å². The molecule has 0 spiro atoms. The van der Waals surface area contributed by atoms with Crippen LogP contribution in [0.2, 0.25) is 0 Å².